The minimum Gasteiger partial charge on any atom is -0.493 e. The highest BCUT2D eigenvalue weighted by Gasteiger charge is 2.29. The van der Waals surface area contributed by atoms with E-state index in [4.69, 9.17) is 15.2 Å². The van der Waals surface area contributed by atoms with Gasteiger partial charge in [0.25, 0.3) is 10.0 Å². The lowest BCUT2D eigenvalue weighted by Gasteiger charge is -2.19. The summed E-state index contributed by atoms with van der Waals surface area (Å²) >= 11 is 0. The quantitative estimate of drug-likeness (QED) is 0.831. The van der Waals surface area contributed by atoms with Crippen molar-refractivity contribution in [1.29, 1.82) is 0 Å². The molecule has 0 bridgehead atoms. The van der Waals surface area contributed by atoms with Gasteiger partial charge in [0.2, 0.25) is 0 Å². The fourth-order valence-corrected chi connectivity index (χ4v) is 3.39. The number of hydrogen-bond acceptors (Lipinski definition) is 6. The van der Waals surface area contributed by atoms with Crippen molar-refractivity contribution in [3.8, 4) is 11.5 Å². The number of nitrogens with zero attached hydrogens (tertiary/aromatic N) is 1. The molecule has 0 fully saturated rings. The summed E-state index contributed by atoms with van der Waals surface area (Å²) in [5.41, 5.74) is 8.70. The molecule has 3 N–H and O–H groups in total. The lowest BCUT2D eigenvalue weighted by Crippen LogP contribution is -2.39. The minimum atomic E-state index is -3.71. The summed E-state index contributed by atoms with van der Waals surface area (Å²) in [6.45, 7) is 1.88. The zero-order valence-corrected chi connectivity index (χ0v) is 12.3. The molecule has 0 amide bonds. The van der Waals surface area contributed by atoms with Crippen LogP contribution >= 0.6 is 0 Å². The Balaban J connectivity index is 2.47. The van der Waals surface area contributed by atoms with Gasteiger partial charge in [-0.05, 0) is 24.6 Å². The molecule has 1 aromatic rings. The molecule has 1 aliphatic heterocycles. The second-order valence-electron chi connectivity index (χ2n) is 4.28. The first-order valence-electron chi connectivity index (χ1n) is 5.87. The summed E-state index contributed by atoms with van der Waals surface area (Å²) in [4.78, 5) is 0.144. The monoisotopic (exact) mass is 299 g/mol. The number of benzene rings is 1. The Hall–Kier alpha value is -1.93. The first-order chi connectivity index (χ1) is 9.40. The number of hydrazine groups is 1. The van der Waals surface area contributed by atoms with Gasteiger partial charge in [-0.1, -0.05) is 0 Å². The number of hydrogen-bond donors (Lipinski definition) is 2. The largest absolute Gasteiger partial charge is 0.493 e. The second kappa shape index (κ2) is 5.22. The van der Waals surface area contributed by atoms with Crippen molar-refractivity contribution in [2.75, 3.05) is 20.8 Å². The predicted octanol–water partition coefficient (Wildman–Crippen LogP) is 0.321. The van der Waals surface area contributed by atoms with E-state index in [1.807, 2.05) is 0 Å². The van der Waals surface area contributed by atoms with Gasteiger partial charge in [0.15, 0.2) is 11.5 Å². The van der Waals surface area contributed by atoms with Gasteiger partial charge in [0.05, 0.1) is 25.7 Å². The maximum atomic E-state index is 12.5. The predicted molar refractivity (Wildman–Crippen MR) is 73.6 cm³/mol. The SMILES string of the molecule is COc1cc(C)c(S(=O)(=O)N2CC=C(N)N2)cc1OC. The van der Waals surface area contributed by atoms with Crippen LogP contribution in [0.4, 0.5) is 0 Å². The molecule has 0 aromatic heterocycles. The van der Waals surface area contributed by atoms with Crippen LogP contribution in [0.2, 0.25) is 0 Å². The molecule has 1 aromatic carbocycles. The summed E-state index contributed by atoms with van der Waals surface area (Å²) in [6.07, 6.45) is 1.59. The molecule has 1 aliphatic rings. The minimum absolute atomic E-state index is 0.144. The van der Waals surface area contributed by atoms with Crippen LogP contribution in [0.15, 0.2) is 28.9 Å². The molecule has 0 spiro atoms. The van der Waals surface area contributed by atoms with Crippen LogP contribution in [0.25, 0.3) is 0 Å². The smallest absolute Gasteiger partial charge is 0.260 e. The van der Waals surface area contributed by atoms with Gasteiger partial charge in [-0.15, -0.1) is 4.41 Å². The highest BCUT2D eigenvalue weighted by atomic mass is 32.2. The molecule has 110 valence electrons. The summed E-state index contributed by atoms with van der Waals surface area (Å²) < 4.78 is 36.5. The lowest BCUT2D eigenvalue weighted by molar-refractivity contribution is 0.352. The van der Waals surface area contributed by atoms with E-state index in [2.05, 4.69) is 5.43 Å². The summed E-state index contributed by atoms with van der Waals surface area (Å²) in [7, 11) is -0.752. The first-order valence-corrected chi connectivity index (χ1v) is 7.31. The van der Waals surface area contributed by atoms with Crippen LogP contribution in [0.5, 0.6) is 11.5 Å². The van der Waals surface area contributed by atoms with Gasteiger partial charge in [-0.25, -0.2) is 8.42 Å². The third-order valence-corrected chi connectivity index (χ3v) is 4.80. The van der Waals surface area contributed by atoms with Crippen molar-refractivity contribution in [2.24, 2.45) is 5.73 Å². The Kier molecular flexibility index (Phi) is 3.78. The molecule has 20 heavy (non-hydrogen) atoms. The first kappa shape index (κ1) is 14.5. The molecule has 0 unspecified atom stereocenters. The van der Waals surface area contributed by atoms with Crippen molar-refractivity contribution in [3.63, 3.8) is 0 Å². The average molecular weight is 299 g/mol. The van der Waals surface area contributed by atoms with E-state index >= 15 is 0 Å². The zero-order valence-electron chi connectivity index (χ0n) is 11.5. The standard InChI is InChI=1S/C12H17N3O4S/c1-8-6-9(18-2)10(19-3)7-11(8)20(16,17)15-5-4-12(13)14-15/h4,6-7,14H,5,13H2,1-3H3. The number of rotatable bonds is 4. The zero-order chi connectivity index (χ0) is 14.9. The molecule has 0 aliphatic carbocycles. The molecular formula is C12H17N3O4S. The summed E-state index contributed by atoms with van der Waals surface area (Å²) in [5.74, 6) is 1.15. The van der Waals surface area contributed by atoms with Crippen LogP contribution in [0.3, 0.4) is 0 Å². The maximum Gasteiger partial charge on any atom is 0.260 e. The van der Waals surface area contributed by atoms with Crippen LogP contribution in [-0.4, -0.2) is 33.6 Å². The Morgan fingerprint density at radius 3 is 2.35 bits per heavy atom. The highest BCUT2D eigenvalue weighted by Crippen LogP contribution is 2.33. The van der Waals surface area contributed by atoms with Crippen molar-refractivity contribution < 1.29 is 17.9 Å². The van der Waals surface area contributed by atoms with Crippen molar-refractivity contribution >= 4 is 10.0 Å². The van der Waals surface area contributed by atoms with Crippen molar-refractivity contribution in [2.45, 2.75) is 11.8 Å². The van der Waals surface area contributed by atoms with Gasteiger partial charge < -0.3 is 15.2 Å². The van der Waals surface area contributed by atoms with Crippen LogP contribution < -0.4 is 20.6 Å². The van der Waals surface area contributed by atoms with E-state index in [1.165, 1.54) is 20.3 Å². The van der Waals surface area contributed by atoms with Gasteiger partial charge in [0, 0.05) is 6.07 Å². The number of methoxy groups -OCH3 is 2. The molecule has 2 rings (SSSR count). The molecule has 0 atom stereocenters. The number of aryl methyl sites for hydroxylation is 1. The Labute approximate surface area is 118 Å². The third-order valence-electron chi connectivity index (χ3n) is 2.98. The van der Waals surface area contributed by atoms with Gasteiger partial charge in [-0.2, -0.15) is 0 Å². The van der Waals surface area contributed by atoms with Gasteiger partial charge >= 0.3 is 0 Å². The maximum absolute atomic E-state index is 12.5. The van der Waals surface area contributed by atoms with Crippen LogP contribution in [0, 0.1) is 6.92 Å². The highest BCUT2D eigenvalue weighted by molar-refractivity contribution is 7.89. The Morgan fingerprint density at radius 2 is 1.85 bits per heavy atom. The lowest BCUT2D eigenvalue weighted by atomic mass is 10.2. The van der Waals surface area contributed by atoms with Gasteiger partial charge in [-0.3, -0.25) is 5.43 Å². The van der Waals surface area contributed by atoms with E-state index in [0.717, 1.165) is 4.41 Å². The number of nitrogens with one attached hydrogen (secondary N) is 1. The van der Waals surface area contributed by atoms with E-state index < -0.39 is 10.0 Å². The molecule has 0 saturated carbocycles. The van der Waals surface area contributed by atoms with Crippen molar-refractivity contribution in [3.05, 3.63) is 29.6 Å². The van der Waals surface area contributed by atoms with E-state index in [1.54, 1.807) is 19.1 Å². The topological polar surface area (TPSA) is 93.9 Å². The van der Waals surface area contributed by atoms with Crippen LogP contribution in [-0.2, 0) is 10.0 Å². The second-order valence-corrected chi connectivity index (χ2v) is 6.11. The molecule has 0 saturated heterocycles. The molecule has 0 radical (unpaired) electrons. The number of nitrogens with two attached hydrogens (primary N) is 1. The van der Waals surface area contributed by atoms with Gasteiger partial charge in [0.1, 0.15) is 5.82 Å². The van der Waals surface area contributed by atoms with Crippen LogP contribution in [0.1, 0.15) is 5.56 Å². The normalized spacial score (nSPS) is 15.7. The summed E-state index contributed by atoms with van der Waals surface area (Å²) in [6, 6.07) is 3.07. The Morgan fingerprint density at radius 1 is 1.25 bits per heavy atom. The molecule has 1 heterocycles. The molecule has 7 nitrogen and oxygen atoms in total. The van der Waals surface area contributed by atoms with Crippen molar-refractivity contribution in [1.82, 2.24) is 9.84 Å². The molecular weight excluding hydrogens is 282 g/mol. The number of sulfonamides is 1. The summed E-state index contributed by atoms with van der Waals surface area (Å²) in [5, 5.41) is 0. The van der Waals surface area contributed by atoms with E-state index in [0.29, 0.717) is 22.9 Å². The molecule has 8 heteroatoms. The third kappa shape index (κ3) is 2.39. The number of ether oxygens (including phenoxy) is 2. The fourth-order valence-electron chi connectivity index (χ4n) is 1.93. The average Bonchev–Trinajstić information content (AvgIpc) is 2.85. The van der Waals surface area contributed by atoms with E-state index in [-0.39, 0.29) is 11.4 Å². The fraction of sp³-hybridized carbons (Fsp3) is 0.333. The Bertz CT molecular complexity index is 655. The van der Waals surface area contributed by atoms with E-state index in [9.17, 15) is 8.42 Å².